The number of aliphatic carboxylic acids is 1. The Hall–Kier alpha value is -3.92. The second-order valence-corrected chi connectivity index (χ2v) is 12.9. The van der Waals surface area contributed by atoms with Crippen LogP contribution in [-0.2, 0) is 4.79 Å². The van der Waals surface area contributed by atoms with Gasteiger partial charge in [-0.15, -0.1) is 22.7 Å². The zero-order chi connectivity index (χ0) is 28.6. The van der Waals surface area contributed by atoms with E-state index in [1.807, 2.05) is 36.4 Å². The number of nitrogens with zero attached hydrogens (tertiary/aromatic N) is 4. The van der Waals surface area contributed by atoms with E-state index in [-0.39, 0.29) is 12.3 Å². The molecule has 42 heavy (non-hydrogen) atoms. The molecule has 7 nitrogen and oxygen atoms in total. The zero-order valence-electron chi connectivity index (χ0n) is 22.5. The second kappa shape index (κ2) is 11.4. The molecule has 0 atom stereocenters. The van der Waals surface area contributed by atoms with Crippen LogP contribution < -0.4 is 5.32 Å². The Morgan fingerprint density at radius 3 is 2.43 bits per heavy atom. The molecular weight excluding hydrogens is 586 g/mol. The maximum Gasteiger partial charge on any atom is 0.303 e. The average molecular weight is 612 g/mol. The Kier molecular flexibility index (Phi) is 7.31. The molecule has 0 aliphatic heterocycles. The predicted molar refractivity (Wildman–Crippen MR) is 171 cm³/mol. The molecule has 7 rings (SSSR count). The first-order valence-electron chi connectivity index (χ1n) is 13.8. The molecule has 0 amide bonds. The van der Waals surface area contributed by atoms with Crippen molar-refractivity contribution < 1.29 is 9.90 Å². The number of anilines is 2. The molecule has 4 aromatic heterocycles. The van der Waals surface area contributed by atoms with Gasteiger partial charge < -0.3 is 10.4 Å². The van der Waals surface area contributed by atoms with Crippen molar-refractivity contribution >= 4 is 72.2 Å². The highest BCUT2D eigenvalue weighted by molar-refractivity contribution is 7.18. The van der Waals surface area contributed by atoms with Crippen molar-refractivity contribution in [2.45, 2.75) is 38.0 Å². The Balaban J connectivity index is 1.12. The van der Waals surface area contributed by atoms with Gasteiger partial charge in [-0.2, -0.15) is 0 Å². The fourth-order valence-electron chi connectivity index (χ4n) is 5.94. The van der Waals surface area contributed by atoms with Crippen LogP contribution in [0.5, 0.6) is 0 Å². The monoisotopic (exact) mass is 611 g/mol. The van der Waals surface area contributed by atoms with E-state index >= 15 is 0 Å². The minimum atomic E-state index is -0.696. The van der Waals surface area contributed by atoms with Crippen LogP contribution in [0.15, 0.2) is 71.9 Å². The minimum absolute atomic E-state index is 0.272. The zero-order valence-corrected chi connectivity index (χ0v) is 24.8. The van der Waals surface area contributed by atoms with E-state index in [4.69, 9.17) is 16.7 Å². The molecule has 0 radical (unpaired) electrons. The first-order chi connectivity index (χ1) is 20.5. The van der Waals surface area contributed by atoms with Gasteiger partial charge in [-0.25, -0.2) is 19.9 Å². The molecule has 0 saturated heterocycles. The first-order valence-corrected chi connectivity index (χ1v) is 16.0. The average Bonchev–Trinajstić information content (AvgIpc) is 3.63. The fourth-order valence-corrected chi connectivity index (χ4v) is 8.21. The summed E-state index contributed by atoms with van der Waals surface area (Å²) >= 11 is 9.53. The van der Waals surface area contributed by atoms with Crippen LogP contribution in [-0.4, -0.2) is 31.0 Å². The standard InChI is InChI=1S/C32H26ClN5O2S2/c33-22-3-1-2-21(13-22)25-15-42-31-29(25)36-17-37-32(31)38-23-10-8-20(9-11-23)27-30-28(35-16-34-27)24(14-41-30)19-6-4-18(5-7-19)12-26(39)40/h1-3,8-11,13-19H,4-7,12H2,(H,39,40)(H,36,37,38). The number of halogens is 1. The van der Waals surface area contributed by atoms with Gasteiger partial charge in [0.2, 0.25) is 0 Å². The number of fused-ring (bicyclic) bond motifs is 2. The topological polar surface area (TPSA) is 101 Å². The van der Waals surface area contributed by atoms with E-state index in [0.29, 0.717) is 10.9 Å². The molecule has 210 valence electrons. The number of carboxylic acid groups (broad SMARTS) is 1. The number of thiophene rings is 2. The summed E-state index contributed by atoms with van der Waals surface area (Å²) in [5.74, 6) is 0.762. The molecule has 1 aliphatic rings. The van der Waals surface area contributed by atoms with Gasteiger partial charge in [0.25, 0.3) is 0 Å². The van der Waals surface area contributed by atoms with Gasteiger partial charge >= 0.3 is 5.97 Å². The summed E-state index contributed by atoms with van der Waals surface area (Å²) in [4.78, 5) is 29.5. The maximum absolute atomic E-state index is 11.1. The predicted octanol–water partition coefficient (Wildman–Crippen LogP) is 9.18. The molecule has 2 N–H and O–H groups in total. The number of hydrogen-bond acceptors (Lipinski definition) is 8. The molecule has 1 aliphatic carbocycles. The van der Waals surface area contributed by atoms with Gasteiger partial charge in [0.15, 0.2) is 5.82 Å². The van der Waals surface area contributed by atoms with Crippen LogP contribution in [0, 0.1) is 5.92 Å². The van der Waals surface area contributed by atoms with Gasteiger partial charge in [-0.3, -0.25) is 4.79 Å². The summed E-state index contributed by atoms with van der Waals surface area (Å²) in [6.07, 6.45) is 7.43. The van der Waals surface area contributed by atoms with Crippen molar-refractivity contribution in [2.75, 3.05) is 5.32 Å². The lowest BCUT2D eigenvalue weighted by atomic mass is 9.78. The van der Waals surface area contributed by atoms with Crippen molar-refractivity contribution in [1.29, 1.82) is 0 Å². The number of nitrogens with one attached hydrogen (secondary N) is 1. The van der Waals surface area contributed by atoms with Crippen LogP contribution in [0.3, 0.4) is 0 Å². The summed E-state index contributed by atoms with van der Waals surface area (Å²) in [5, 5.41) is 17.6. The third-order valence-electron chi connectivity index (χ3n) is 8.04. The summed E-state index contributed by atoms with van der Waals surface area (Å²) in [7, 11) is 0. The minimum Gasteiger partial charge on any atom is -0.481 e. The highest BCUT2D eigenvalue weighted by Crippen LogP contribution is 2.43. The smallest absolute Gasteiger partial charge is 0.303 e. The van der Waals surface area contributed by atoms with E-state index in [9.17, 15) is 4.79 Å². The van der Waals surface area contributed by atoms with E-state index in [1.165, 1.54) is 5.56 Å². The largest absolute Gasteiger partial charge is 0.481 e. The molecule has 0 spiro atoms. The Bertz CT molecular complexity index is 1910. The highest BCUT2D eigenvalue weighted by atomic mass is 35.5. The fraction of sp³-hybridized carbons (Fsp3) is 0.219. The number of rotatable bonds is 7. The van der Waals surface area contributed by atoms with Gasteiger partial charge in [0, 0.05) is 33.6 Å². The van der Waals surface area contributed by atoms with E-state index in [0.717, 1.165) is 80.0 Å². The Labute approximate surface area is 255 Å². The number of carboxylic acids is 1. The highest BCUT2D eigenvalue weighted by Gasteiger charge is 2.26. The molecular formula is C32H26ClN5O2S2. The van der Waals surface area contributed by atoms with Crippen molar-refractivity contribution in [3.63, 3.8) is 0 Å². The number of carbonyl (C=O) groups is 1. The van der Waals surface area contributed by atoms with E-state index < -0.39 is 5.97 Å². The molecule has 4 heterocycles. The molecule has 2 aromatic carbocycles. The lowest BCUT2D eigenvalue weighted by molar-refractivity contribution is -0.138. The summed E-state index contributed by atoms with van der Waals surface area (Å²) < 4.78 is 2.07. The third kappa shape index (κ3) is 5.24. The normalized spacial score (nSPS) is 17.1. The lowest BCUT2D eigenvalue weighted by Gasteiger charge is -2.27. The van der Waals surface area contributed by atoms with Gasteiger partial charge in [-0.1, -0.05) is 35.9 Å². The van der Waals surface area contributed by atoms with Gasteiger partial charge in [0.1, 0.15) is 12.7 Å². The molecule has 0 unspecified atom stereocenters. The lowest BCUT2D eigenvalue weighted by Crippen LogP contribution is -2.16. The van der Waals surface area contributed by atoms with Crippen molar-refractivity contribution in [1.82, 2.24) is 19.9 Å². The summed E-state index contributed by atoms with van der Waals surface area (Å²) in [5.41, 5.74) is 8.12. The van der Waals surface area contributed by atoms with Crippen molar-refractivity contribution in [3.8, 4) is 22.4 Å². The van der Waals surface area contributed by atoms with Crippen LogP contribution in [0.25, 0.3) is 42.8 Å². The number of hydrogen-bond donors (Lipinski definition) is 2. The quantitative estimate of drug-likeness (QED) is 0.185. The van der Waals surface area contributed by atoms with Gasteiger partial charge in [0.05, 0.1) is 26.1 Å². The molecule has 10 heteroatoms. The number of benzene rings is 2. The first kappa shape index (κ1) is 26.9. The Morgan fingerprint density at radius 1 is 0.881 bits per heavy atom. The van der Waals surface area contributed by atoms with Crippen molar-refractivity contribution in [3.05, 3.63) is 82.5 Å². The maximum atomic E-state index is 11.1. The van der Waals surface area contributed by atoms with Crippen molar-refractivity contribution in [2.24, 2.45) is 5.92 Å². The van der Waals surface area contributed by atoms with E-state index in [2.05, 4.69) is 48.1 Å². The van der Waals surface area contributed by atoms with Gasteiger partial charge in [-0.05, 0) is 78.3 Å². The summed E-state index contributed by atoms with van der Waals surface area (Å²) in [6, 6.07) is 16.0. The second-order valence-electron chi connectivity index (χ2n) is 10.7. The third-order valence-corrected chi connectivity index (χ3v) is 10.2. The van der Waals surface area contributed by atoms with Crippen LogP contribution >= 0.6 is 34.3 Å². The van der Waals surface area contributed by atoms with E-state index in [1.54, 1.807) is 35.3 Å². The molecule has 6 aromatic rings. The summed E-state index contributed by atoms with van der Waals surface area (Å²) in [6.45, 7) is 0. The molecule has 1 fully saturated rings. The molecule has 0 bridgehead atoms. The number of aromatic nitrogens is 4. The SMILES string of the molecule is O=C(O)CC1CCC(c2csc3c(-c4ccc(Nc5ncnc6c(-c7cccc(Cl)c7)csc56)cc4)ncnc23)CC1. The Morgan fingerprint density at radius 2 is 1.64 bits per heavy atom. The van der Waals surface area contributed by atoms with Crippen LogP contribution in [0.1, 0.15) is 43.6 Å². The van der Waals surface area contributed by atoms with Crippen LogP contribution in [0.2, 0.25) is 5.02 Å². The molecule has 1 saturated carbocycles. The van der Waals surface area contributed by atoms with Crippen LogP contribution in [0.4, 0.5) is 11.5 Å².